The van der Waals surface area contributed by atoms with Crippen molar-refractivity contribution in [2.75, 3.05) is 32.8 Å². The van der Waals surface area contributed by atoms with Crippen LogP contribution in [0.3, 0.4) is 0 Å². The lowest BCUT2D eigenvalue weighted by Crippen LogP contribution is -2.40. The van der Waals surface area contributed by atoms with Gasteiger partial charge in [-0.15, -0.1) is 0 Å². The summed E-state index contributed by atoms with van der Waals surface area (Å²) in [6.45, 7) is 6.86. The Morgan fingerprint density at radius 2 is 2.42 bits per heavy atom. The van der Waals surface area contributed by atoms with E-state index in [-0.39, 0.29) is 6.61 Å². The molecule has 1 saturated heterocycles. The number of hydrogen-bond donors (Lipinski definition) is 2. The Balaban J connectivity index is 2.31. The van der Waals surface area contributed by atoms with Gasteiger partial charge in [0.15, 0.2) is 0 Å². The molecule has 1 atom stereocenters. The Morgan fingerprint density at radius 1 is 1.58 bits per heavy atom. The highest BCUT2D eigenvalue weighted by Gasteiger charge is 2.15. The topological polar surface area (TPSA) is 35.5 Å². The summed E-state index contributed by atoms with van der Waals surface area (Å²) in [4.78, 5) is 2.43. The number of aliphatic hydroxyl groups is 1. The van der Waals surface area contributed by atoms with Gasteiger partial charge in [-0.2, -0.15) is 0 Å². The molecule has 1 aliphatic heterocycles. The van der Waals surface area contributed by atoms with Gasteiger partial charge in [-0.25, -0.2) is 0 Å². The highest BCUT2D eigenvalue weighted by molar-refractivity contribution is 4.75. The zero-order chi connectivity index (χ0) is 8.81. The van der Waals surface area contributed by atoms with Crippen molar-refractivity contribution < 1.29 is 5.11 Å². The molecule has 1 rings (SSSR count). The largest absolute Gasteiger partial charge is 0.395 e. The third-order valence-corrected chi connectivity index (χ3v) is 2.32. The third kappa shape index (κ3) is 3.09. The smallest absolute Gasteiger partial charge is 0.0597 e. The summed E-state index contributed by atoms with van der Waals surface area (Å²) < 4.78 is 0. The molecule has 3 heteroatoms. The summed E-state index contributed by atoms with van der Waals surface area (Å²) in [6, 6.07) is 0.291. The molecular formula is C9H20N2O. The molecule has 0 aromatic carbocycles. The molecule has 0 saturated carbocycles. The molecule has 1 aliphatic rings. The van der Waals surface area contributed by atoms with Crippen LogP contribution in [0, 0.1) is 0 Å². The maximum absolute atomic E-state index is 9.01. The van der Waals surface area contributed by atoms with E-state index >= 15 is 0 Å². The van der Waals surface area contributed by atoms with Crippen LogP contribution in [0.25, 0.3) is 0 Å². The minimum absolute atomic E-state index is 0.264. The second-order valence-corrected chi connectivity index (χ2v) is 3.49. The van der Waals surface area contributed by atoms with E-state index in [1.807, 2.05) is 0 Å². The van der Waals surface area contributed by atoms with E-state index in [1.165, 1.54) is 19.4 Å². The van der Waals surface area contributed by atoms with Gasteiger partial charge in [-0.1, -0.05) is 6.92 Å². The molecule has 0 amide bonds. The summed E-state index contributed by atoms with van der Waals surface area (Å²) in [6.07, 6.45) is 2.41. The highest BCUT2D eigenvalue weighted by Crippen LogP contribution is 2.00. The molecule has 72 valence electrons. The van der Waals surface area contributed by atoms with Crippen molar-refractivity contribution in [2.45, 2.75) is 25.8 Å². The van der Waals surface area contributed by atoms with Crippen LogP contribution in [0.15, 0.2) is 0 Å². The molecule has 0 aromatic rings. The maximum Gasteiger partial charge on any atom is 0.0597 e. The molecule has 12 heavy (non-hydrogen) atoms. The van der Waals surface area contributed by atoms with Gasteiger partial charge in [0.1, 0.15) is 0 Å². The quantitative estimate of drug-likeness (QED) is 0.631. The van der Waals surface area contributed by atoms with Crippen molar-refractivity contribution in [3.8, 4) is 0 Å². The normalized spacial score (nSPS) is 27.0. The second kappa shape index (κ2) is 5.51. The minimum Gasteiger partial charge on any atom is -0.395 e. The molecule has 0 aromatic heterocycles. The van der Waals surface area contributed by atoms with Crippen LogP contribution in [0.2, 0.25) is 0 Å². The Kier molecular flexibility index (Phi) is 4.58. The van der Waals surface area contributed by atoms with E-state index in [0.29, 0.717) is 6.04 Å². The molecule has 1 heterocycles. The maximum atomic E-state index is 9.01. The molecule has 3 nitrogen and oxygen atoms in total. The first-order valence-corrected chi connectivity index (χ1v) is 4.93. The summed E-state index contributed by atoms with van der Waals surface area (Å²) in [5, 5.41) is 12.3. The van der Waals surface area contributed by atoms with Crippen LogP contribution in [0.5, 0.6) is 0 Å². The molecule has 1 unspecified atom stereocenters. The monoisotopic (exact) mass is 172 g/mol. The van der Waals surface area contributed by atoms with Gasteiger partial charge in [-0.05, 0) is 32.5 Å². The SMILES string of the molecule is CCCN1CCCNC(CO)C1. The summed E-state index contributed by atoms with van der Waals surface area (Å²) in [7, 11) is 0. The molecule has 0 aliphatic carbocycles. The fourth-order valence-electron chi connectivity index (χ4n) is 1.72. The number of aliphatic hydroxyl groups excluding tert-OH is 1. The zero-order valence-electron chi connectivity index (χ0n) is 7.92. The van der Waals surface area contributed by atoms with Crippen LogP contribution >= 0.6 is 0 Å². The molecule has 0 spiro atoms. The number of hydrogen-bond acceptors (Lipinski definition) is 3. The first-order valence-electron chi connectivity index (χ1n) is 4.93. The van der Waals surface area contributed by atoms with Crippen LogP contribution in [-0.4, -0.2) is 48.8 Å². The lowest BCUT2D eigenvalue weighted by atomic mass is 10.3. The third-order valence-electron chi connectivity index (χ3n) is 2.32. The predicted octanol–water partition coefficient (Wildman–Crippen LogP) is 0.0526. The number of nitrogens with zero attached hydrogens (tertiary/aromatic N) is 1. The first-order chi connectivity index (χ1) is 5.86. The fraction of sp³-hybridized carbons (Fsp3) is 1.00. The van der Waals surface area contributed by atoms with Gasteiger partial charge in [0.05, 0.1) is 6.61 Å². The van der Waals surface area contributed by atoms with Crippen LogP contribution in [0.4, 0.5) is 0 Å². The fourth-order valence-corrected chi connectivity index (χ4v) is 1.72. The van der Waals surface area contributed by atoms with E-state index in [9.17, 15) is 0 Å². The molecule has 2 N–H and O–H groups in total. The standard InChI is InChI=1S/C9H20N2O/c1-2-5-11-6-3-4-10-9(7-11)8-12/h9-10,12H,2-8H2,1H3. The molecule has 0 radical (unpaired) electrons. The van der Waals surface area contributed by atoms with Crippen molar-refractivity contribution in [1.82, 2.24) is 10.2 Å². The van der Waals surface area contributed by atoms with Crippen molar-refractivity contribution in [1.29, 1.82) is 0 Å². The van der Waals surface area contributed by atoms with Crippen molar-refractivity contribution in [2.24, 2.45) is 0 Å². The van der Waals surface area contributed by atoms with E-state index in [0.717, 1.165) is 19.6 Å². The van der Waals surface area contributed by atoms with Gasteiger partial charge >= 0.3 is 0 Å². The second-order valence-electron chi connectivity index (χ2n) is 3.49. The average Bonchev–Trinajstić information content (AvgIpc) is 2.30. The summed E-state index contributed by atoms with van der Waals surface area (Å²) in [5.74, 6) is 0. The van der Waals surface area contributed by atoms with Gasteiger partial charge in [-0.3, -0.25) is 0 Å². The van der Waals surface area contributed by atoms with Gasteiger partial charge < -0.3 is 15.3 Å². The van der Waals surface area contributed by atoms with Gasteiger partial charge in [0.25, 0.3) is 0 Å². The zero-order valence-corrected chi connectivity index (χ0v) is 7.92. The van der Waals surface area contributed by atoms with E-state index in [2.05, 4.69) is 17.1 Å². The Morgan fingerprint density at radius 3 is 3.08 bits per heavy atom. The van der Waals surface area contributed by atoms with Gasteiger partial charge in [0.2, 0.25) is 0 Å². The van der Waals surface area contributed by atoms with E-state index in [1.54, 1.807) is 0 Å². The molecule has 0 bridgehead atoms. The predicted molar refractivity (Wildman–Crippen MR) is 50.2 cm³/mol. The summed E-state index contributed by atoms with van der Waals surface area (Å²) in [5.41, 5.74) is 0. The number of rotatable bonds is 3. The van der Waals surface area contributed by atoms with Crippen LogP contribution < -0.4 is 5.32 Å². The lowest BCUT2D eigenvalue weighted by molar-refractivity contribution is 0.200. The molecule has 1 fully saturated rings. The van der Waals surface area contributed by atoms with Crippen molar-refractivity contribution in [3.63, 3.8) is 0 Å². The minimum atomic E-state index is 0.264. The first kappa shape index (κ1) is 9.96. The number of nitrogens with one attached hydrogen (secondary N) is 1. The average molecular weight is 172 g/mol. The Bertz CT molecular complexity index is 119. The molecular weight excluding hydrogens is 152 g/mol. The highest BCUT2D eigenvalue weighted by atomic mass is 16.3. The van der Waals surface area contributed by atoms with E-state index in [4.69, 9.17) is 5.11 Å². The van der Waals surface area contributed by atoms with E-state index < -0.39 is 0 Å². The van der Waals surface area contributed by atoms with Crippen LogP contribution in [0.1, 0.15) is 19.8 Å². The lowest BCUT2D eigenvalue weighted by Gasteiger charge is -2.22. The van der Waals surface area contributed by atoms with Crippen LogP contribution in [-0.2, 0) is 0 Å². The Labute approximate surface area is 74.8 Å². The van der Waals surface area contributed by atoms with Crippen molar-refractivity contribution >= 4 is 0 Å². The summed E-state index contributed by atoms with van der Waals surface area (Å²) >= 11 is 0. The van der Waals surface area contributed by atoms with Crippen molar-refractivity contribution in [3.05, 3.63) is 0 Å². The Hall–Kier alpha value is -0.120. The van der Waals surface area contributed by atoms with Gasteiger partial charge in [0, 0.05) is 12.6 Å².